The quantitative estimate of drug-likeness (QED) is 0.359. The second-order valence-electron chi connectivity index (χ2n) is 11.1. The number of rotatable bonds is 7. The van der Waals surface area contributed by atoms with E-state index >= 15 is 0 Å². The maximum absolute atomic E-state index is 13.7. The molecule has 4 rings (SSSR count). The number of alkyl halides is 3. The van der Waals surface area contributed by atoms with Gasteiger partial charge in [0.25, 0.3) is 0 Å². The summed E-state index contributed by atoms with van der Waals surface area (Å²) in [5.74, 6) is -2.16. The Hall–Kier alpha value is -4.47. The Morgan fingerprint density at radius 1 is 0.886 bits per heavy atom. The highest BCUT2D eigenvalue weighted by Gasteiger charge is 2.33. The van der Waals surface area contributed by atoms with Gasteiger partial charge in [-0.2, -0.15) is 13.2 Å². The maximum atomic E-state index is 13.7. The molecule has 3 aromatic carbocycles. The normalized spacial score (nSPS) is 19.4. The molecule has 44 heavy (non-hydrogen) atoms. The summed E-state index contributed by atoms with van der Waals surface area (Å²) >= 11 is 0. The molecule has 0 fully saturated rings. The van der Waals surface area contributed by atoms with Crippen molar-refractivity contribution in [3.05, 3.63) is 95.6 Å². The van der Waals surface area contributed by atoms with Crippen molar-refractivity contribution in [2.24, 2.45) is 5.92 Å². The van der Waals surface area contributed by atoms with Gasteiger partial charge >= 0.3 is 6.18 Å². The first-order chi connectivity index (χ1) is 20.9. The molecule has 10 heteroatoms. The molecule has 3 aromatic rings. The third-order valence-corrected chi connectivity index (χ3v) is 7.48. The van der Waals surface area contributed by atoms with Gasteiger partial charge in [0.2, 0.25) is 11.8 Å². The fourth-order valence-corrected chi connectivity index (χ4v) is 5.24. The summed E-state index contributed by atoms with van der Waals surface area (Å²) in [4.78, 5) is 52.6. The number of carbonyl (C=O) groups is 4. The Morgan fingerprint density at radius 2 is 1.52 bits per heavy atom. The van der Waals surface area contributed by atoms with Gasteiger partial charge in [-0.1, -0.05) is 54.6 Å². The molecule has 0 aliphatic carbocycles. The van der Waals surface area contributed by atoms with Crippen LogP contribution in [0.1, 0.15) is 49.3 Å². The lowest BCUT2D eigenvalue weighted by atomic mass is 9.89. The molecule has 0 saturated heterocycles. The van der Waals surface area contributed by atoms with Crippen LogP contribution in [0.2, 0.25) is 0 Å². The van der Waals surface area contributed by atoms with Crippen molar-refractivity contribution in [2.75, 3.05) is 0 Å². The first-order valence-corrected chi connectivity index (χ1v) is 14.5. The minimum absolute atomic E-state index is 0.0620. The number of aryl methyl sites for hydroxylation is 1. The molecule has 0 spiro atoms. The van der Waals surface area contributed by atoms with Gasteiger partial charge in [0.1, 0.15) is 11.5 Å². The highest BCUT2D eigenvalue weighted by atomic mass is 19.4. The van der Waals surface area contributed by atoms with Crippen molar-refractivity contribution in [2.45, 2.75) is 70.1 Å². The van der Waals surface area contributed by atoms with E-state index < -0.39 is 54.6 Å². The Bertz CT molecular complexity index is 1470. The van der Waals surface area contributed by atoms with Crippen LogP contribution in [-0.2, 0) is 38.4 Å². The number of Topliss-reactive ketones (excluding diaryl/α,β-unsaturated/α-hetero) is 2. The largest absolute Gasteiger partial charge is 0.457 e. The summed E-state index contributed by atoms with van der Waals surface area (Å²) in [6, 6.07) is 21.0. The maximum Gasteiger partial charge on any atom is 0.389 e. The summed E-state index contributed by atoms with van der Waals surface area (Å²) in [6.07, 6.45) is -6.10. The van der Waals surface area contributed by atoms with Crippen LogP contribution >= 0.6 is 0 Å². The second-order valence-corrected chi connectivity index (χ2v) is 11.1. The van der Waals surface area contributed by atoms with Gasteiger partial charge in [-0.15, -0.1) is 0 Å². The van der Waals surface area contributed by atoms with Crippen molar-refractivity contribution in [1.82, 2.24) is 10.6 Å². The number of halogens is 3. The molecule has 2 amide bonds. The average Bonchev–Trinajstić information content (AvgIpc) is 2.97. The van der Waals surface area contributed by atoms with E-state index in [1.54, 1.807) is 42.5 Å². The Labute approximate surface area is 254 Å². The van der Waals surface area contributed by atoms with Crippen molar-refractivity contribution >= 4 is 23.4 Å². The highest BCUT2D eigenvalue weighted by molar-refractivity contribution is 5.94. The third-order valence-electron chi connectivity index (χ3n) is 7.48. The molecule has 0 saturated carbocycles. The van der Waals surface area contributed by atoms with Crippen molar-refractivity contribution in [3.63, 3.8) is 0 Å². The molecular weight excluding hydrogens is 573 g/mol. The molecule has 4 bridgehead atoms. The molecule has 1 aliphatic heterocycles. The number of ether oxygens (including phenoxy) is 1. The number of carbonyl (C=O) groups excluding carboxylic acids is 4. The number of nitrogens with one attached hydrogen (secondary N) is 2. The monoisotopic (exact) mass is 608 g/mol. The molecule has 0 aromatic heterocycles. The highest BCUT2D eigenvalue weighted by Crippen LogP contribution is 2.27. The Morgan fingerprint density at radius 3 is 2.14 bits per heavy atom. The smallest absolute Gasteiger partial charge is 0.389 e. The Kier molecular flexibility index (Phi) is 10.9. The Balaban J connectivity index is 1.71. The molecule has 3 atom stereocenters. The second kappa shape index (κ2) is 14.8. The van der Waals surface area contributed by atoms with E-state index in [-0.39, 0.29) is 31.5 Å². The van der Waals surface area contributed by atoms with Gasteiger partial charge in [-0.25, -0.2) is 0 Å². The van der Waals surface area contributed by atoms with E-state index in [2.05, 4.69) is 10.6 Å². The van der Waals surface area contributed by atoms with Crippen molar-refractivity contribution in [3.8, 4) is 11.5 Å². The molecule has 232 valence electrons. The zero-order valence-corrected chi connectivity index (χ0v) is 24.4. The summed E-state index contributed by atoms with van der Waals surface area (Å²) in [5, 5.41) is 5.37. The number of amides is 2. The van der Waals surface area contributed by atoms with Gasteiger partial charge in [-0.05, 0) is 66.6 Å². The SMILES string of the molecule is CC(=O)N[C@H]1Cc2cccc(c2)Oc2cccc(c2)C[C@@H](C(=O)CCC(F)(F)F)NC(=O)[C@H](CCc2ccccc2)CC1=O. The van der Waals surface area contributed by atoms with Crippen LogP contribution in [-0.4, -0.2) is 41.6 Å². The van der Waals surface area contributed by atoms with E-state index in [0.29, 0.717) is 23.5 Å². The van der Waals surface area contributed by atoms with Crippen LogP contribution in [0.5, 0.6) is 11.5 Å². The minimum Gasteiger partial charge on any atom is -0.457 e. The number of ketones is 2. The minimum atomic E-state index is -4.54. The molecule has 0 unspecified atom stereocenters. The zero-order chi connectivity index (χ0) is 31.7. The summed E-state index contributed by atoms with van der Waals surface area (Å²) in [6.45, 7) is 1.30. The topological polar surface area (TPSA) is 102 Å². The summed E-state index contributed by atoms with van der Waals surface area (Å²) < 4.78 is 45.0. The molecule has 0 radical (unpaired) electrons. The van der Waals surface area contributed by atoms with E-state index in [0.717, 1.165) is 11.1 Å². The van der Waals surface area contributed by atoms with Gasteiger partial charge in [0.05, 0.1) is 18.5 Å². The van der Waals surface area contributed by atoms with E-state index in [4.69, 9.17) is 4.74 Å². The molecule has 1 aliphatic rings. The van der Waals surface area contributed by atoms with E-state index in [1.165, 1.54) is 6.92 Å². The van der Waals surface area contributed by atoms with Crippen LogP contribution < -0.4 is 15.4 Å². The lowest BCUT2D eigenvalue weighted by molar-refractivity contribution is -0.144. The van der Waals surface area contributed by atoms with Crippen LogP contribution in [0.25, 0.3) is 0 Å². The molecule has 2 N–H and O–H groups in total. The van der Waals surface area contributed by atoms with Crippen LogP contribution in [0.15, 0.2) is 78.9 Å². The van der Waals surface area contributed by atoms with E-state index in [1.807, 2.05) is 36.4 Å². The van der Waals surface area contributed by atoms with Crippen LogP contribution in [0.3, 0.4) is 0 Å². The third kappa shape index (κ3) is 10.1. The first kappa shape index (κ1) is 32.4. The van der Waals surface area contributed by atoms with Gasteiger partial charge in [-0.3, -0.25) is 19.2 Å². The first-order valence-electron chi connectivity index (χ1n) is 14.5. The summed E-state index contributed by atoms with van der Waals surface area (Å²) in [5.41, 5.74) is 2.25. The fraction of sp³-hybridized carbons (Fsp3) is 0.353. The predicted octanol–water partition coefficient (Wildman–Crippen LogP) is 5.69. The lowest BCUT2D eigenvalue weighted by Crippen LogP contribution is -2.47. The standard InChI is InChI=1S/C34H35F3N2O5/c1-22(40)38-30-20-25-10-6-12-28(18-25)44-27-11-5-9-24(17-27)19-29(31(41)15-16-34(35,36)37)39-33(43)26(21-32(30)42)14-13-23-7-3-2-4-8-23/h2-12,17-18,26,29-30H,13-16,19-21H2,1H3,(H,38,40)(H,39,43)/t26-,29+,30+/m1/s1. The molecule has 1 heterocycles. The number of benzene rings is 3. The average molecular weight is 609 g/mol. The van der Waals surface area contributed by atoms with Crippen LogP contribution in [0, 0.1) is 5.92 Å². The number of hydrogen-bond donors (Lipinski definition) is 2. The fourth-order valence-electron chi connectivity index (χ4n) is 5.24. The molecular formula is C34H35F3N2O5. The van der Waals surface area contributed by atoms with Crippen molar-refractivity contribution in [1.29, 1.82) is 0 Å². The van der Waals surface area contributed by atoms with E-state index in [9.17, 15) is 32.3 Å². The molecule has 7 nitrogen and oxygen atoms in total. The van der Waals surface area contributed by atoms with Gasteiger partial charge in [0.15, 0.2) is 11.6 Å². The van der Waals surface area contributed by atoms with Gasteiger partial charge in [0, 0.05) is 25.7 Å². The summed E-state index contributed by atoms with van der Waals surface area (Å²) in [7, 11) is 0. The van der Waals surface area contributed by atoms with Crippen LogP contribution in [0.4, 0.5) is 13.2 Å². The predicted molar refractivity (Wildman–Crippen MR) is 158 cm³/mol. The van der Waals surface area contributed by atoms with Crippen molar-refractivity contribution < 1.29 is 37.1 Å². The number of hydrogen-bond acceptors (Lipinski definition) is 5. The lowest BCUT2D eigenvalue weighted by Gasteiger charge is -2.25. The van der Waals surface area contributed by atoms with Gasteiger partial charge < -0.3 is 15.4 Å². The number of fused-ring (bicyclic) bond motifs is 4. The zero-order valence-electron chi connectivity index (χ0n) is 24.4.